The molecule has 0 saturated heterocycles. The van der Waals surface area contributed by atoms with Crippen molar-refractivity contribution < 1.29 is 28.3 Å². The highest BCUT2D eigenvalue weighted by Gasteiger charge is 2.36. The first-order valence-electron chi connectivity index (χ1n) is 13.9. The fourth-order valence-electron chi connectivity index (χ4n) is 5.31. The predicted octanol–water partition coefficient (Wildman–Crippen LogP) is 7.95. The first-order chi connectivity index (χ1) is 21.7. The average Bonchev–Trinajstić information content (AvgIpc) is 3.29. The van der Waals surface area contributed by atoms with E-state index < -0.39 is 35.5 Å². The Bertz CT molecular complexity index is 1980. The van der Waals surface area contributed by atoms with Crippen LogP contribution in [-0.4, -0.2) is 40.5 Å². The third-order valence-electron chi connectivity index (χ3n) is 7.55. The smallest absolute Gasteiger partial charge is 0.339 e. The number of ether oxygens (including phenoxy) is 1. The summed E-state index contributed by atoms with van der Waals surface area (Å²) in [7, 11) is 0. The maximum Gasteiger partial charge on any atom is 0.339 e. The van der Waals surface area contributed by atoms with Crippen LogP contribution in [0.25, 0.3) is 22.2 Å². The maximum absolute atomic E-state index is 13.7. The molecule has 0 N–H and O–H groups in total. The lowest BCUT2D eigenvalue weighted by Crippen LogP contribution is -2.29. The minimum atomic E-state index is -1.20. The standard InChI is InChI=1S/C35H23BrClFN2O5/c1-19-16-22(36)17-27-28(35(44)45-30(14-15-37)32(41)21-6-10-23(38)11-7-21)18-29(39-31(19)27)20-8-12-24(13-9-20)40-33(42)25-4-2-3-5-26(25)34(40)43/h2-13,16-18,30H,14-15H2,1H3. The van der Waals surface area contributed by atoms with Crippen LogP contribution in [0.2, 0.25) is 0 Å². The van der Waals surface area contributed by atoms with Gasteiger partial charge in [-0.25, -0.2) is 19.1 Å². The molecule has 0 bridgehead atoms. The molecule has 1 aromatic heterocycles. The number of anilines is 1. The number of carbonyl (C=O) groups is 4. The molecular formula is C35H23BrClFN2O5. The molecule has 0 saturated carbocycles. The van der Waals surface area contributed by atoms with E-state index in [0.29, 0.717) is 39.0 Å². The first kappa shape index (κ1) is 30.3. The second-order valence-electron chi connectivity index (χ2n) is 10.5. The van der Waals surface area contributed by atoms with Gasteiger partial charge in [0.25, 0.3) is 11.8 Å². The van der Waals surface area contributed by atoms with Crippen LogP contribution in [0.4, 0.5) is 10.1 Å². The highest BCUT2D eigenvalue weighted by molar-refractivity contribution is 9.10. The number of pyridine rings is 1. The largest absolute Gasteiger partial charge is 0.450 e. The topological polar surface area (TPSA) is 93.6 Å². The van der Waals surface area contributed by atoms with Gasteiger partial charge in [0, 0.05) is 33.3 Å². The number of hydrogen-bond acceptors (Lipinski definition) is 6. The molecule has 1 aliphatic heterocycles. The minimum absolute atomic E-state index is 0.0529. The fourth-order valence-corrected chi connectivity index (χ4v) is 6.08. The van der Waals surface area contributed by atoms with Crippen molar-refractivity contribution in [2.45, 2.75) is 19.4 Å². The van der Waals surface area contributed by atoms with Gasteiger partial charge in [0.2, 0.25) is 5.78 Å². The second kappa shape index (κ2) is 12.3. The van der Waals surface area contributed by atoms with Gasteiger partial charge in [-0.3, -0.25) is 14.4 Å². The number of benzene rings is 4. The van der Waals surface area contributed by atoms with Gasteiger partial charge in [-0.2, -0.15) is 0 Å². The van der Waals surface area contributed by atoms with Gasteiger partial charge in [-0.05, 0) is 79.2 Å². The van der Waals surface area contributed by atoms with E-state index in [4.69, 9.17) is 21.3 Å². The van der Waals surface area contributed by atoms with Crippen molar-refractivity contribution in [2.24, 2.45) is 0 Å². The molecule has 0 spiro atoms. The summed E-state index contributed by atoms with van der Waals surface area (Å²) < 4.78 is 19.9. The van der Waals surface area contributed by atoms with Crippen LogP contribution < -0.4 is 4.90 Å². The molecule has 45 heavy (non-hydrogen) atoms. The summed E-state index contributed by atoms with van der Waals surface area (Å²) in [6, 6.07) is 23.6. The summed E-state index contributed by atoms with van der Waals surface area (Å²) in [5.41, 5.74) is 3.85. The number of halogens is 3. The Labute approximate surface area is 270 Å². The lowest BCUT2D eigenvalue weighted by atomic mass is 10.0. The Balaban J connectivity index is 1.36. The Morgan fingerprint density at radius 2 is 1.58 bits per heavy atom. The number of aromatic nitrogens is 1. The van der Waals surface area contributed by atoms with E-state index in [1.54, 1.807) is 60.7 Å². The Hall–Kier alpha value is -4.73. The normalized spacial score (nSPS) is 13.2. The molecule has 5 aromatic rings. The number of rotatable bonds is 8. The van der Waals surface area contributed by atoms with Gasteiger partial charge < -0.3 is 4.74 Å². The van der Waals surface area contributed by atoms with Gasteiger partial charge in [0.1, 0.15) is 5.82 Å². The van der Waals surface area contributed by atoms with Gasteiger partial charge in [-0.1, -0.05) is 40.2 Å². The number of nitrogens with zero attached hydrogens (tertiary/aromatic N) is 2. The zero-order valence-electron chi connectivity index (χ0n) is 23.7. The lowest BCUT2D eigenvalue weighted by molar-refractivity contribution is 0.0280. The SMILES string of the molecule is Cc1cc(Br)cc2c(C(=O)OC(CCCl)C(=O)c3ccc(F)cc3)cc(-c3ccc(N4C(=O)c5ccccc5C4=O)cc3)nc12. The molecule has 6 rings (SSSR count). The summed E-state index contributed by atoms with van der Waals surface area (Å²) in [5.74, 6) is -2.50. The summed E-state index contributed by atoms with van der Waals surface area (Å²) >= 11 is 9.45. The molecule has 0 radical (unpaired) electrons. The Morgan fingerprint density at radius 3 is 2.20 bits per heavy atom. The van der Waals surface area contributed by atoms with E-state index in [0.717, 1.165) is 27.1 Å². The maximum atomic E-state index is 13.7. The van der Waals surface area contributed by atoms with Crippen LogP contribution in [0.5, 0.6) is 0 Å². The average molecular weight is 686 g/mol. The van der Waals surface area contributed by atoms with Crippen LogP contribution in [0.3, 0.4) is 0 Å². The van der Waals surface area contributed by atoms with Crippen LogP contribution in [0.1, 0.15) is 53.4 Å². The van der Waals surface area contributed by atoms with Crippen molar-refractivity contribution in [2.75, 3.05) is 10.8 Å². The Morgan fingerprint density at radius 1 is 0.933 bits per heavy atom. The van der Waals surface area contributed by atoms with Gasteiger partial charge >= 0.3 is 5.97 Å². The van der Waals surface area contributed by atoms with E-state index >= 15 is 0 Å². The molecule has 0 aliphatic carbocycles. The van der Waals surface area contributed by atoms with Crippen molar-refractivity contribution >= 4 is 67.7 Å². The van der Waals surface area contributed by atoms with E-state index in [9.17, 15) is 23.6 Å². The third kappa shape index (κ3) is 5.77. The molecule has 224 valence electrons. The zero-order chi connectivity index (χ0) is 31.8. The number of hydrogen-bond donors (Lipinski definition) is 0. The number of carbonyl (C=O) groups excluding carboxylic acids is 4. The van der Waals surface area contributed by atoms with Crippen molar-refractivity contribution in [3.05, 3.63) is 129 Å². The number of ketones is 1. The lowest BCUT2D eigenvalue weighted by Gasteiger charge is -2.18. The fraction of sp³-hybridized carbons (Fsp3) is 0.114. The molecular weight excluding hydrogens is 663 g/mol. The molecule has 10 heteroatoms. The van der Waals surface area contributed by atoms with E-state index in [2.05, 4.69) is 15.9 Å². The number of aryl methyl sites for hydroxylation is 1. The molecule has 4 aromatic carbocycles. The van der Waals surface area contributed by atoms with Crippen molar-refractivity contribution in [3.8, 4) is 11.3 Å². The zero-order valence-corrected chi connectivity index (χ0v) is 26.1. The van der Waals surface area contributed by atoms with Crippen molar-refractivity contribution in [1.82, 2.24) is 4.98 Å². The monoisotopic (exact) mass is 684 g/mol. The van der Waals surface area contributed by atoms with Crippen molar-refractivity contribution in [3.63, 3.8) is 0 Å². The molecule has 7 nitrogen and oxygen atoms in total. The molecule has 2 amide bonds. The quantitative estimate of drug-likeness (QED) is 0.0713. The number of Topliss-reactive ketones (excluding diaryl/α,β-unsaturated/α-hetero) is 1. The van der Waals surface area contributed by atoms with E-state index in [-0.39, 0.29) is 23.4 Å². The van der Waals surface area contributed by atoms with Gasteiger partial charge in [0.05, 0.1) is 33.6 Å². The van der Waals surface area contributed by atoms with Gasteiger partial charge in [-0.15, -0.1) is 11.6 Å². The molecule has 1 atom stereocenters. The Kier molecular flexibility index (Phi) is 8.31. The van der Waals surface area contributed by atoms with Crippen LogP contribution in [-0.2, 0) is 4.74 Å². The molecule has 1 unspecified atom stereocenters. The van der Waals surface area contributed by atoms with Crippen molar-refractivity contribution in [1.29, 1.82) is 0 Å². The van der Waals surface area contributed by atoms with Crippen LogP contribution >= 0.6 is 27.5 Å². The molecule has 2 heterocycles. The number of amides is 2. The van der Waals surface area contributed by atoms with Crippen LogP contribution in [0.15, 0.2) is 95.5 Å². The highest BCUT2D eigenvalue weighted by Crippen LogP contribution is 2.33. The number of imide groups is 1. The third-order valence-corrected chi connectivity index (χ3v) is 8.22. The summed E-state index contributed by atoms with van der Waals surface area (Å²) in [6.07, 6.45) is -1.14. The predicted molar refractivity (Wildman–Crippen MR) is 172 cm³/mol. The molecule has 1 aliphatic rings. The van der Waals surface area contributed by atoms with Gasteiger partial charge in [0.15, 0.2) is 6.10 Å². The van der Waals surface area contributed by atoms with E-state index in [1.165, 1.54) is 12.1 Å². The second-order valence-corrected chi connectivity index (χ2v) is 11.7. The molecule has 0 fully saturated rings. The number of esters is 1. The highest BCUT2D eigenvalue weighted by atomic mass is 79.9. The minimum Gasteiger partial charge on any atom is -0.450 e. The first-order valence-corrected chi connectivity index (χ1v) is 15.2. The summed E-state index contributed by atoms with van der Waals surface area (Å²) in [5, 5.41) is 0.511. The number of fused-ring (bicyclic) bond motifs is 2. The van der Waals surface area contributed by atoms with E-state index in [1.807, 2.05) is 13.0 Å². The van der Waals surface area contributed by atoms with Crippen LogP contribution in [0, 0.1) is 12.7 Å². The number of alkyl halides is 1. The summed E-state index contributed by atoms with van der Waals surface area (Å²) in [4.78, 5) is 58.8. The summed E-state index contributed by atoms with van der Waals surface area (Å²) in [6.45, 7) is 1.86.